The third kappa shape index (κ3) is 3.79. The second kappa shape index (κ2) is 9.32. The van der Waals surface area contributed by atoms with Crippen molar-refractivity contribution < 1.29 is 0 Å². The van der Waals surface area contributed by atoms with E-state index in [1.165, 1.54) is 55.9 Å². The molecule has 0 aliphatic carbocycles. The van der Waals surface area contributed by atoms with Crippen molar-refractivity contribution in [3.63, 3.8) is 0 Å². The van der Waals surface area contributed by atoms with Gasteiger partial charge in [0, 0.05) is 0 Å². The second-order valence-electron chi connectivity index (χ2n) is 9.06. The van der Waals surface area contributed by atoms with Gasteiger partial charge in [0.05, 0.1) is 0 Å². The molecule has 4 heteroatoms. The molecular weight excluding hydrogens is 570 g/mol. The van der Waals surface area contributed by atoms with Gasteiger partial charge in [0.25, 0.3) is 0 Å². The first kappa shape index (κ1) is 23.2. The Balaban J connectivity index is 1.43. The van der Waals surface area contributed by atoms with Crippen molar-refractivity contribution in [2.24, 2.45) is 0 Å². The number of fused-ring (bicyclic) bond motifs is 1. The number of hydrogen-bond donors (Lipinski definition) is 0. The van der Waals surface area contributed by atoms with Gasteiger partial charge < -0.3 is 0 Å². The first-order valence-electron chi connectivity index (χ1n) is 11.9. The van der Waals surface area contributed by atoms with Crippen LogP contribution in [0.2, 0.25) is 0 Å². The summed E-state index contributed by atoms with van der Waals surface area (Å²) in [4.78, 5) is 4.57. The van der Waals surface area contributed by atoms with Crippen LogP contribution in [0.1, 0.15) is 11.1 Å². The van der Waals surface area contributed by atoms with Crippen molar-refractivity contribution >= 4 is 51.6 Å². The van der Waals surface area contributed by atoms with Gasteiger partial charge in [-0.05, 0) is 0 Å². The SMILES string of the molecule is CN1C(=[Se])C2=C(c3ccc(-c4ccccc4)cc3)N(C)C(=[Se])C2=C1c1ccc(-c2ccccc2)cc1. The van der Waals surface area contributed by atoms with Crippen molar-refractivity contribution in [2.75, 3.05) is 14.1 Å². The van der Waals surface area contributed by atoms with Gasteiger partial charge in [0.1, 0.15) is 0 Å². The molecule has 6 rings (SSSR count). The van der Waals surface area contributed by atoms with Crippen molar-refractivity contribution in [3.05, 3.63) is 131 Å². The first-order valence-corrected chi connectivity index (χ1v) is 13.6. The Bertz CT molecular complexity index is 1430. The maximum atomic E-state index is 3.36. The predicted molar refractivity (Wildman–Crippen MR) is 155 cm³/mol. The molecule has 4 aromatic carbocycles. The molecule has 2 aliphatic heterocycles. The Morgan fingerprint density at radius 3 is 1.00 bits per heavy atom. The van der Waals surface area contributed by atoms with Crippen LogP contribution in [0.15, 0.2) is 120 Å². The zero-order valence-electron chi connectivity index (χ0n) is 20.1. The van der Waals surface area contributed by atoms with Crippen LogP contribution in [0.25, 0.3) is 33.6 Å². The zero-order valence-corrected chi connectivity index (χ0v) is 23.5. The number of nitrogens with zero attached hydrogens (tertiary/aromatic N) is 2. The standard InChI is InChI=1S/C32H24N2Se2/c1-33-29(25-17-13-23(14-18-25)21-9-5-3-6-10-21)27-28(31(33)35)30(34(2)32(27)36)26-19-15-24(16-20-26)22-11-7-4-8-12-22/h3-20H,1-2H3. The summed E-state index contributed by atoms with van der Waals surface area (Å²) in [5.74, 6) is 0. The van der Waals surface area contributed by atoms with Crippen molar-refractivity contribution in [1.29, 1.82) is 0 Å². The number of benzene rings is 4. The van der Waals surface area contributed by atoms with Crippen molar-refractivity contribution in [3.8, 4) is 22.3 Å². The van der Waals surface area contributed by atoms with Gasteiger partial charge >= 0.3 is 229 Å². The van der Waals surface area contributed by atoms with E-state index in [2.05, 4.69) is 164 Å². The molecule has 4 aromatic rings. The van der Waals surface area contributed by atoms with Gasteiger partial charge in [-0.25, -0.2) is 0 Å². The summed E-state index contributed by atoms with van der Waals surface area (Å²) < 4.78 is 2.29. The van der Waals surface area contributed by atoms with Crippen LogP contribution in [-0.2, 0) is 0 Å². The van der Waals surface area contributed by atoms with Crippen molar-refractivity contribution in [2.45, 2.75) is 0 Å². The molecule has 0 radical (unpaired) electrons. The fourth-order valence-corrected chi connectivity index (χ4v) is 6.32. The fourth-order valence-electron chi connectivity index (χ4n) is 5.11. The number of rotatable bonds is 4. The van der Waals surface area contributed by atoms with Gasteiger partial charge in [-0.3, -0.25) is 0 Å². The van der Waals surface area contributed by atoms with Crippen LogP contribution in [0, 0.1) is 0 Å². The maximum absolute atomic E-state index is 3.36. The molecule has 2 heterocycles. The molecular formula is C32H24N2Se2. The number of likely N-dealkylation sites (N-methyl/N-ethyl adjacent to an activating group) is 2. The Hall–Kier alpha value is -3.26. The molecule has 0 saturated carbocycles. The summed E-state index contributed by atoms with van der Waals surface area (Å²) >= 11 is 6.73. The molecule has 0 N–H and O–H groups in total. The van der Waals surface area contributed by atoms with E-state index in [-0.39, 0.29) is 0 Å². The van der Waals surface area contributed by atoms with E-state index in [4.69, 9.17) is 0 Å². The third-order valence-electron chi connectivity index (χ3n) is 6.96. The Kier molecular flexibility index (Phi) is 5.99. The van der Waals surface area contributed by atoms with Crippen LogP contribution >= 0.6 is 0 Å². The quantitative estimate of drug-likeness (QED) is 0.283. The predicted octanol–water partition coefficient (Wildman–Crippen LogP) is 5.63. The molecule has 0 bridgehead atoms. The molecule has 0 fully saturated rings. The van der Waals surface area contributed by atoms with Gasteiger partial charge in [-0.15, -0.1) is 0 Å². The molecule has 0 saturated heterocycles. The molecule has 0 atom stereocenters. The molecule has 174 valence electrons. The average Bonchev–Trinajstić information content (AvgIpc) is 3.34. The van der Waals surface area contributed by atoms with E-state index in [0.717, 1.165) is 9.08 Å². The summed E-state index contributed by atoms with van der Waals surface area (Å²) in [5.41, 5.74) is 12.3. The first-order chi connectivity index (χ1) is 17.5. The second-order valence-corrected chi connectivity index (χ2v) is 10.7. The Morgan fingerprint density at radius 2 is 0.667 bits per heavy atom. The summed E-state index contributed by atoms with van der Waals surface area (Å²) in [5, 5.41) is 0. The van der Waals surface area contributed by atoms with Gasteiger partial charge in [-0.2, -0.15) is 0 Å². The monoisotopic (exact) mass is 596 g/mol. The molecule has 0 aromatic heterocycles. The van der Waals surface area contributed by atoms with Gasteiger partial charge in [0.2, 0.25) is 0 Å². The summed E-state index contributed by atoms with van der Waals surface area (Å²) in [6.45, 7) is 0. The van der Waals surface area contributed by atoms with Gasteiger partial charge in [-0.1, -0.05) is 0 Å². The Labute approximate surface area is 228 Å². The van der Waals surface area contributed by atoms with Crippen molar-refractivity contribution in [1.82, 2.24) is 9.80 Å². The molecule has 2 aliphatic rings. The topological polar surface area (TPSA) is 6.48 Å². The van der Waals surface area contributed by atoms with Crippen LogP contribution in [-0.4, -0.2) is 64.1 Å². The number of hydrogen-bond acceptors (Lipinski definition) is 2. The third-order valence-corrected chi connectivity index (χ3v) is 8.97. The molecule has 0 spiro atoms. The Morgan fingerprint density at radius 1 is 0.389 bits per heavy atom. The molecule has 0 amide bonds. The summed E-state index contributed by atoms with van der Waals surface area (Å²) in [6, 6.07) is 38.9. The van der Waals surface area contributed by atoms with E-state index in [1.54, 1.807) is 0 Å². The van der Waals surface area contributed by atoms with Crippen LogP contribution in [0.4, 0.5) is 0 Å². The summed E-state index contributed by atoms with van der Waals surface area (Å²) in [7, 11) is 4.29. The summed E-state index contributed by atoms with van der Waals surface area (Å²) in [6.07, 6.45) is 0. The van der Waals surface area contributed by atoms with E-state index < -0.39 is 0 Å². The molecule has 36 heavy (non-hydrogen) atoms. The molecule has 0 unspecified atom stereocenters. The zero-order chi connectivity index (χ0) is 24.8. The van der Waals surface area contributed by atoms with E-state index in [0.29, 0.717) is 0 Å². The average molecular weight is 594 g/mol. The van der Waals surface area contributed by atoms with Gasteiger partial charge in [0.15, 0.2) is 0 Å². The minimum atomic E-state index is 1.14. The van der Waals surface area contributed by atoms with E-state index in [1.807, 2.05) is 0 Å². The van der Waals surface area contributed by atoms with Crippen LogP contribution in [0.3, 0.4) is 0 Å². The van der Waals surface area contributed by atoms with E-state index >= 15 is 0 Å². The fraction of sp³-hybridized carbons (Fsp3) is 0.0625. The van der Waals surface area contributed by atoms with Crippen LogP contribution in [0.5, 0.6) is 0 Å². The molecule has 2 nitrogen and oxygen atoms in total. The van der Waals surface area contributed by atoms with E-state index in [9.17, 15) is 0 Å². The van der Waals surface area contributed by atoms with Crippen LogP contribution < -0.4 is 0 Å². The minimum absolute atomic E-state index is 1.14. The normalized spacial score (nSPS) is 15.3.